The third kappa shape index (κ3) is 3.54. The zero-order valence-electron chi connectivity index (χ0n) is 15.4. The Morgan fingerprint density at radius 2 is 1.61 bits per heavy atom. The van der Waals surface area contributed by atoms with E-state index in [0.29, 0.717) is 23.1 Å². The summed E-state index contributed by atoms with van der Waals surface area (Å²) in [6.45, 7) is 0.458. The van der Waals surface area contributed by atoms with E-state index in [-0.39, 0.29) is 49.1 Å². The van der Waals surface area contributed by atoms with E-state index >= 15 is 0 Å². The minimum absolute atomic E-state index is 0.0673. The summed E-state index contributed by atoms with van der Waals surface area (Å²) >= 11 is 0. The number of carbonyl (C=O) groups excluding carboxylic acids is 3. The first-order chi connectivity index (χ1) is 13.6. The fourth-order valence-electron chi connectivity index (χ4n) is 3.59. The predicted octanol–water partition coefficient (Wildman–Crippen LogP) is 3.39. The molecule has 0 radical (unpaired) electrons. The highest BCUT2D eigenvalue weighted by atomic mass is 19.1. The van der Waals surface area contributed by atoms with Gasteiger partial charge in [0.25, 0.3) is 11.8 Å². The lowest BCUT2D eigenvalue weighted by Gasteiger charge is -2.23. The molecule has 2 aromatic rings. The molecule has 2 aromatic carbocycles. The van der Waals surface area contributed by atoms with Crippen LogP contribution in [0.2, 0.25) is 0 Å². The molecule has 0 spiro atoms. The zero-order chi connectivity index (χ0) is 19.7. The van der Waals surface area contributed by atoms with Gasteiger partial charge in [0.05, 0.1) is 11.1 Å². The van der Waals surface area contributed by atoms with Crippen LogP contribution in [-0.4, -0.2) is 40.1 Å². The van der Waals surface area contributed by atoms with Crippen molar-refractivity contribution in [1.29, 1.82) is 0 Å². The average molecular weight is 380 g/mol. The summed E-state index contributed by atoms with van der Waals surface area (Å²) in [5.74, 6) is -0.994. The van der Waals surface area contributed by atoms with Crippen molar-refractivity contribution < 1.29 is 18.8 Å². The number of benzene rings is 2. The van der Waals surface area contributed by atoms with Crippen molar-refractivity contribution in [2.75, 3.05) is 6.54 Å². The SMILES string of the molecule is O=C1c2ccccc2C(=O)N1CCCC(=O)N(Cc1ccccc1F)C1CC1. The molecular formula is C22H21FN2O3. The minimum atomic E-state index is -0.313. The van der Waals surface area contributed by atoms with Crippen LogP contribution in [0.25, 0.3) is 0 Å². The van der Waals surface area contributed by atoms with Gasteiger partial charge in [0, 0.05) is 31.1 Å². The monoisotopic (exact) mass is 380 g/mol. The van der Waals surface area contributed by atoms with Gasteiger partial charge in [-0.15, -0.1) is 0 Å². The van der Waals surface area contributed by atoms with Gasteiger partial charge >= 0.3 is 0 Å². The van der Waals surface area contributed by atoms with E-state index in [1.807, 2.05) is 0 Å². The Kier molecular flexibility index (Phi) is 4.94. The second kappa shape index (κ2) is 7.54. The normalized spacial score (nSPS) is 15.7. The molecule has 0 atom stereocenters. The summed E-state index contributed by atoms with van der Waals surface area (Å²) in [6.07, 6.45) is 2.47. The minimum Gasteiger partial charge on any atom is -0.335 e. The number of halogens is 1. The molecule has 28 heavy (non-hydrogen) atoms. The first-order valence-electron chi connectivity index (χ1n) is 9.54. The van der Waals surface area contributed by atoms with Gasteiger partial charge in [-0.05, 0) is 37.5 Å². The zero-order valence-corrected chi connectivity index (χ0v) is 15.4. The smallest absolute Gasteiger partial charge is 0.261 e. The molecule has 1 aliphatic carbocycles. The molecule has 0 saturated heterocycles. The van der Waals surface area contributed by atoms with E-state index in [1.54, 1.807) is 47.4 Å². The van der Waals surface area contributed by atoms with Crippen LogP contribution in [-0.2, 0) is 11.3 Å². The summed E-state index contributed by atoms with van der Waals surface area (Å²) in [4.78, 5) is 40.4. The number of hydrogen-bond donors (Lipinski definition) is 0. The first kappa shape index (κ1) is 18.3. The van der Waals surface area contributed by atoms with Gasteiger partial charge in [-0.1, -0.05) is 30.3 Å². The standard InChI is InChI=1S/C22H21FN2O3/c23-19-9-4-1-6-15(19)14-25(16-11-12-16)20(26)10-5-13-24-21(27)17-7-2-3-8-18(17)22(24)28/h1-4,6-9,16H,5,10-14H2. The molecule has 0 N–H and O–H groups in total. The Balaban J connectivity index is 1.35. The number of amides is 3. The molecule has 1 saturated carbocycles. The fourth-order valence-corrected chi connectivity index (χ4v) is 3.59. The molecule has 4 rings (SSSR count). The van der Waals surface area contributed by atoms with E-state index in [1.165, 1.54) is 11.0 Å². The molecule has 1 fully saturated rings. The highest BCUT2D eigenvalue weighted by molar-refractivity contribution is 6.21. The predicted molar refractivity (Wildman–Crippen MR) is 101 cm³/mol. The average Bonchev–Trinajstić information content (AvgIpc) is 3.51. The van der Waals surface area contributed by atoms with Crippen LogP contribution in [0.4, 0.5) is 4.39 Å². The topological polar surface area (TPSA) is 57.7 Å². The Labute approximate surface area is 162 Å². The molecule has 1 aliphatic heterocycles. The van der Waals surface area contributed by atoms with Crippen LogP contribution < -0.4 is 0 Å². The van der Waals surface area contributed by atoms with Crippen LogP contribution >= 0.6 is 0 Å². The Morgan fingerprint density at radius 1 is 1.00 bits per heavy atom. The molecule has 6 heteroatoms. The fraction of sp³-hybridized carbons (Fsp3) is 0.318. The van der Waals surface area contributed by atoms with Crippen LogP contribution in [0.5, 0.6) is 0 Å². The summed E-state index contributed by atoms with van der Waals surface area (Å²) in [7, 11) is 0. The van der Waals surface area contributed by atoms with Crippen molar-refractivity contribution in [1.82, 2.24) is 9.80 Å². The summed E-state index contributed by atoms with van der Waals surface area (Å²) in [5, 5.41) is 0. The Morgan fingerprint density at radius 3 is 2.21 bits per heavy atom. The third-order valence-electron chi connectivity index (χ3n) is 5.26. The molecule has 3 amide bonds. The van der Waals surface area contributed by atoms with Gasteiger partial charge in [0.15, 0.2) is 0 Å². The van der Waals surface area contributed by atoms with Crippen molar-refractivity contribution in [3.05, 3.63) is 71.0 Å². The maximum atomic E-state index is 14.0. The van der Waals surface area contributed by atoms with Crippen molar-refractivity contribution in [2.24, 2.45) is 0 Å². The van der Waals surface area contributed by atoms with E-state index in [0.717, 1.165) is 12.8 Å². The number of fused-ring (bicyclic) bond motifs is 1. The highest BCUT2D eigenvalue weighted by Crippen LogP contribution is 2.30. The molecular weight excluding hydrogens is 359 g/mol. The van der Waals surface area contributed by atoms with E-state index in [2.05, 4.69) is 0 Å². The summed E-state index contributed by atoms with van der Waals surface area (Å²) < 4.78 is 14.0. The van der Waals surface area contributed by atoms with E-state index in [4.69, 9.17) is 0 Å². The van der Waals surface area contributed by atoms with Crippen molar-refractivity contribution in [3.63, 3.8) is 0 Å². The number of hydrogen-bond acceptors (Lipinski definition) is 3. The maximum absolute atomic E-state index is 14.0. The Bertz CT molecular complexity index is 904. The largest absolute Gasteiger partial charge is 0.335 e. The second-order valence-electron chi connectivity index (χ2n) is 7.26. The maximum Gasteiger partial charge on any atom is 0.261 e. The van der Waals surface area contributed by atoms with Crippen LogP contribution in [0, 0.1) is 5.82 Å². The summed E-state index contributed by atoms with van der Waals surface area (Å²) in [6, 6.07) is 13.4. The number of carbonyl (C=O) groups is 3. The molecule has 144 valence electrons. The van der Waals surface area contributed by atoms with Gasteiger partial charge in [-0.2, -0.15) is 0 Å². The lowest BCUT2D eigenvalue weighted by Crippen LogP contribution is -2.35. The molecule has 1 heterocycles. The molecule has 0 unspecified atom stereocenters. The van der Waals surface area contributed by atoms with Gasteiger partial charge in [-0.3, -0.25) is 19.3 Å². The number of nitrogens with zero attached hydrogens (tertiary/aromatic N) is 2. The van der Waals surface area contributed by atoms with E-state index in [9.17, 15) is 18.8 Å². The van der Waals surface area contributed by atoms with Crippen molar-refractivity contribution in [3.8, 4) is 0 Å². The van der Waals surface area contributed by atoms with Crippen LogP contribution in [0.3, 0.4) is 0 Å². The van der Waals surface area contributed by atoms with Crippen LogP contribution in [0.15, 0.2) is 48.5 Å². The number of imide groups is 1. The van der Waals surface area contributed by atoms with Crippen LogP contribution in [0.1, 0.15) is 52.0 Å². The van der Waals surface area contributed by atoms with E-state index < -0.39 is 0 Å². The van der Waals surface area contributed by atoms with Gasteiger partial charge in [0.2, 0.25) is 5.91 Å². The lowest BCUT2D eigenvalue weighted by atomic mass is 10.1. The van der Waals surface area contributed by atoms with Gasteiger partial charge < -0.3 is 4.90 Å². The first-order valence-corrected chi connectivity index (χ1v) is 9.54. The molecule has 5 nitrogen and oxygen atoms in total. The third-order valence-corrected chi connectivity index (χ3v) is 5.26. The van der Waals surface area contributed by atoms with Gasteiger partial charge in [-0.25, -0.2) is 4.39 Å². The van der Waals surface area contributed by atoms with Gasteiger partial charge in [0.1, 0.15) is 5.82 Å². The summed E-state index contributed by atoms with van der Waals surface area (Å²) in [5.41, 5.74) is 1.33. The quantitative estimate of drug-likeness (QED) is 0.692. The lowest BCUT2D eigenvalue weighted by molar-refractivity contribution is -0.132. The molecule has 0 aromatic heterocycles. The number of rotatable bonds is 7. The van der Waals surface area contributed by atoms with Crippen molar-refractivity contribution >= 4 is 17.7 Å². The molecule has 2 aliphatic rings. The van der Waals surface area contributed by atoms with Crippen molar-refractivity contribution in [2.45, 2.75) is 38.3 Å². The second-order valence-corrected chi connectivity index (χ2v) is 7.26. The molecule has 0 bridgehead atoms. The Hall–Kier alpha value is -3.02. The highest BCUT2D eigenvalue weighted by Gasteiger charge is 2.36.